The molecule has 0 aromatic carbocycles. The maximum atomic E-state index is 5.30. The second-order valence-electron chi connectivity index (χ2n) is 4.77. The van der Waals surface area contributed by atoms with Crippen LogP contribution in [-0.4, -0.2) is 51.3 Å². The van der Waals surface area contributed by atoms with Crippen LogP contribution in [0.25, 0.3) is 0 Å². The molecule has 0 unspecified atom stereocenters. The Kier molecular flexibility index (Phi) is 3.71. The summed E-state index contributed by atoms with van der Waals surface area (Å²) in [5, 5.41) is 3.49. The lowest BCUT2D eigenvalue weighted by Crippen LogP contribution is -2.55. The molecule has 0 aromatic heterocycles. The minimum Gasteiger partial charge on any atom is -0.380 e. The number of hydrogen-bond acceptors (Lipinski definition) is 3. The van der Waals surface area contributed by atoms with E-state index >= 15 is 0 Å². The Bertz CT molecular complexity index is 153. The first-order valence-corrected chi connectivity index (χ1v) is 5.00. The third kappa shape index (κ3) is 3.25. The van der Waals surface area contributed by atoms with Gasteiger partial charge in [-0.25, -0.2) is 0 Å². The van der Waals surface area contributed by atoms with Crippen molar-refractivity contribution in [2.75, 3.05) is 40.4 Å². The Balaban J connectivity index is 2.31. The van der Waals surface area contributed by atoms with E-state index in [1.165, 1.54) is 0 Å². The molecule has 1 saturated heterocycles. The Labute approximate surface area is 81.4 Å². The van der Waals surface area contributed by atoms with Crippen molar-refractivity contribution >= 4 is 0 Å². The van der Waals surface area contributed by atoms with Crippen molar-refractivity contribution in [2.24, 2.45) is 5.41 Å². The summed E-state index contributed by atoms with van der Waals surface area (Å²) in [5.74, 6) is 0. The molecule has 0 spiro atoms. The van der Waals surface area contributed by atoms with Crippen LogP contribution in [0.3, 0.4) is 0 Å². The molecule has 1 N–H and O–H groups in total. The molecule has 0 aliphatic carbocycles. The van der Waals surface area contributed by atoms with Crippen LogP contribution in [0.5, 0.6) is 0 Å². The topological polar surface area (TPSA) is 24.5 Å². The molecule has 1 aliphatic heterocycles. The van der Waals surface area contributed by atoms with Crippen molar-refractivity contribution in [3.63, 3.8) is 0 Å². The van der Waals surface area contributed by atoms with Gasteiger partial charge in [-0.1, -0.05) is 13.8 Å². The molecule has 1 rings (SSSR count). The summed E-state index contributed by atoms with van der Waals surface area (Å²) in [6.07, 6.45) is 0. The SMILES string of the molecule is CC(C)NCC1(CN(C)C)COC1. The van der Waals surface area contributed by atoms with Crippen LogP contribution in [0.15, 0.2) is 0 Å². The average Bonchev–Trinajstić information content (AvgIpc) is 1.93. The molecule has 0 atom stereocenters. The third-order valence-electron chi connectivity index (χ3n) is 2.35. The van der Waals surface area contributed by atoms with Crippen LogP contribution in [0.4, 0.5) is 0 Å². The number of hydrogen-bond donors (Lipinski definition) is 1. The smallest absolute Gasteiger partial charge is 0.0569 e. The van der Waals surface area contributed by atoms with Crippen molar-refractivity contribution < 1.29 is 4.74 Å². The maximum absolute atomic E-state index is 5.30. The lowest BCUT2D eigenvalue weighted by molar-refractivity contribution is -0.120. The molecular formula is C10H22N2O. The molecule has 1 heterocycles. The van der Waals surface area contributed by atoms with Crippen LogP contribution in [0.2, 0.25) is 0 Å². The Morgan fingerprint density at radius 2 is 2.00 bits per heavy atom. The van der Waals surface area contributed by atoms with Crippen LogP contribution in [-0.2, 0) is 4.74 Å². The van der Waals surface area contributed by atoms with Crippen molar-refractivity contribution in [1.29, 1.82) is 0 Å². The highest BCUT2D eigenvalue weighted by molar-refractivity contribution is 4.90. The van der Waals surface area contributed by atoms with Gasteiger partial charge in [0, 0.05) is 24.5 Å². The van der Waals surface area contributed by atoms with Crippen LogP contribution < -0.4 is 5.32 Å². The van der Waals surface area contributed by atoms with Crippen molar-refractivity contribution in [2.45, 2.75) is 19.9 Å². The zero-order chi connectivity index (χ0) is 9.90. The van der Waals surface area contributed by atoms with Gasteiger partial charge in [0.05, 0.1) is 13.2 Å². The van der Waals surface area contributed by atoms with Gasteiger partial charge >= 0.3 is 0 Å². The minimum absolute atomic E-state index is 0.369. The summed E-state index contributed by atoms with van der Waals surface area (Å²) in [5.41, 5.74) is 0.369. The summed E-state index contributed by atoms with van der Waals surface area (Å²) in [7, 11) is 4.24. The first kappa shape index (κ1) is 11.0. The van der Waals surface area contributed by atoms with Gasteiger partial charge < -0.3 is 15.0 Å². The maximum Gasteiger partial charge on any atom is 0.0569 e. The molecule has 0 bridgehead atoms. The van der Waals surface area contributed by atoms with E-state index in [9.17, 15) is 0 Å². The van der Waals surface area contributed by atoms with Gasteiger partial charge in [0.1, 0.15) is 0 Å². The quantitative estimate of drug-likeness (QED) is 0.679. The number of rotatable bonds is 5. The van der Waals surface area contributed by atoms with Gasteiger partial charge in [0.15, 0.2) is 0 Å². The summed E-state index contributed by atoms with van der Waals surface area (Å²) in [6, 6.07) is 0.569. The molecule has 0 radical (unpaired) electrons. The van der Waals surface area contributed by atoms with E-state index in [4.69, 9.17) is 4.74 Å². The molecule has 3 heteroatoms. The molecular weight excluding hydrogens is 164 g/mol. The fourth-order valence-electron chi connectivity index (χ4n) is 1.73. The van der Waals surface area contributed by atoms with Crippen LogP contribution in [0.1, 0.15) is 13.8 Å². The van der Waals surface area contributed by atoms with E-state index in [1.807, 2.05) is 0 Å². The fourth-order valence-corrected chi connectivity index (χ4v) is 1.73. The van der Waals surface area contributed by atoms with Crippen molar-refractivity contribution in [3.05, 3.63) is 0 Å². The molecule has 1 fully saturated rings. The van der Waals surface area contributed by atoms with Gasteiger partial charge in [-0.05, 0) is 14.1 Å². The van der Waals surface area contributed by atoms with Crippen molar-refractivity contribution in [3.8, 4) is 0 Å². The Hall–Kier alpha value is -0.120. The van der Waals surface area contributed by atoms with Crippen LogP contribution >= 0.6 is 0 Å². The minimum atomic E-state index is 0.369. The van der Waals surface area contributed by atoms with E-state index in [0.717, 1.165) is 26.3 Å². The van der Waals surface area contributed by atoms with E-state index in [2.05, 4.69) is 38.2 Å². The third-order valence-corrected chi connectivity index (χ3v) is 2.35. The molecule has 0 saturated carbocycles. The lowest BCUT2D eigenvalue weighted by atomic mass is 9.85. The monoisotopic (exact) mass is 186 g/mol. The van der Waals surface area contributed by atoms with Gasteiger partial charge in [0.2, 0.25) is 0 Å². The van der Waals surface area contributed by atoms with Crippen molar-refractivity contribution in [1.82, 2.24) is 10.2 Å². The van der Waals surface area contributed by atoms with E-state index < -0.39 is 0 Å². The molecule has 3 nitrogen and oxygen atoms in total. The van der Waals surface area contributed by atoms with Gasteiger partial charge in [-0.3, -0.25) is 0 Å². The standard InChI is InChI=1S/C10H22N2O/c1-9(2)11-5-10(6-12(3)4)7-13-8-10/h9,11H,5-8H2,1-4H3. The van der Waals surface area contributed by atoms with Gasteiger partial charge in [0.25, 0.3) is 0 Å². The zero-order valence-electron chi connectivity index (χ0n) is 9.26. The molecule has 0 aromatic rings. The average molecular weight is 186 g/mol. The second kappa shape index (κ2) is 4.40. The summed E-state index contributed by atoms with van der Waals surface area (Å²) < 4.78 is 5.30. The lowest BCUT2D eigenvalue weighted by Gasteiger charge is -2.43. The van der Waals surface area contributed by atoms with Gasteiger partial charge in [-0.15, -0.1) is 0 Å². The predicted molar refractivity (Wildman–Crippen MR) is 54.9 cm³/mol. The summed E-state index contributed by atoms with van der Waals surface area (Å²) >= 11 is 0. The summed E-state index contributed by atoms with van der Waals surface area (Å²) in [4.78, 5) is 2.24. The molecule has 0 amide bonds. The molecule has 78 valence electrons. The number of nitrogens with zero attached hydrogens (tertiary/aromatic N) is 1. The van der Waals surface area contributed by atoms with E-state index in [1.54, 1.807) is 0 Å². The largest absolute Gasteiger partial charge is 0.380 e. The first-order chi connectivity index (χ1) is 6.04. The first-order valence-electron chi connectivity index (χ1n) is 5.00. The normalized spacial score (nSPS) is 20.8. The second-order valence-corrected chi connectivity index (χ2v) is 4.77. The van der Waals surface area contributed by atoms with Gasteiger partial charge in [-0.2, -0.15) is 0 Å². The highest BCUT2D eigenvalue weighted by atomic mass is 16.5. The highest BCUT2D eigenvalue weighted by Crippen LogP contribution is 2.27. The zero-order valence-corrected chi connectivity index (χ0v) is 9.26. The molecule has 13 heavy (non-hydrogen) atoms. The predicted octanol–water partition coefficient (Wildman–Crippen LogP) is 0.563. The van der Waals surface area contributed by atoms with Crippen LogP contribution in [0, 0.1) is 5.41 Å². The fraction of sp³-hybridized carbons (Fsp3) is 1.00. The van der Waals surface area contributed by atoms with E-state index in [-0.39, 0.29) is 0 Å². The number of ether oxygens (including phenoxy) is 1. The highest BCUT2D eigenvalue weighted by Gasteiger charge is 2.38. The number of nitrogens with one attached hydrogen (secondary N) is 1. The Morgan fingerprint density at radius 3 is 2.31 bits per heavy atom. The Morgan fingerprint density at radius 1 is 1.38 bits per heavy atom. The molecule has 1 aliphatic rings. The summed E-state index contributed by atoms with van der Waals surface area (Å²) in [6.45, 7) is 8.37. The van der Waals surface area contributed by atoms with E-state index in [0.29, 0.717) is 11.5 Å².